The minimum atomic E-state index is 1.14. The van der Waals surface area contributed by atoms with Gasteiger partial charge in [0.05, 0.1) is 0 Å². The van der Waals surface area contributed by atoms with Gasteiger partial charge in [-0.05, 0) is 65.9 Å². The van der Waals surface area contributed by atoms with Gasteiger partial charge < -0.3 is 0 Å². The zero-order valence-corrected chi connectivity index (χ0v) is 11.8. The minimum Gasteiger partial charge on any atom is -0.0752 e. The van der Waals surface area contributed by atoms with Gasteiger partial charge in [0.15, 0.2) is 0 Å². The molecular formula is C14H10Br2. The first-order valence-electron chi connectivity index (χ1n) is 5.35. The third-order valence-electron chi connectivity index (χ3n) is 3.03. The first-order valence-corrected chi connectivity index (χ1v) is 6.94. The average Bonchev–Trinajstić information content (AvgIpc) is 2.36. The Kier molecular flexibility index (Phi) is 2.64. The molecule has 2 aromatic rings. The van der Waals surface area contributed by atoms with Gasteiger partial charge >= 0.3 is 0 Å². The Morgan fingerprint density at radius 3 is 1.62 bits per heavy atom. The summed E-state index contributed by atoms with van der Waals surface area (Å²) < 4.78 is 2.44. The van der Waals surface area contributed by atoms with E-state index in [4.69, 9.17) is 0 Å². The summed E-state index contributed by atoms with van der Waals surface area (Å²) in [6, 6.07) is 8.48. The molecule has 0 aliphatic heterocycles. The van der Waals surface area contributed by atoms with Crippen molar-refractivity contribution in [2.45, 2.75) is 12.8 Å². The van der Waals surface area contributed by atoms with Crippen molar-refractivity contribution < 1.29 is 0 Å². The van der Waals surface area contributed by atoms with Crippen molar-refractivity contribution in [1.29, 1.82) is 0 Å². The van der Waals surface area contributed by atoms with Crippen LogP contribution in [0.3, 0.4) is 0 Å². The van der Waals surface area contributed by atoms with Crippen molar-refractivity contribution in [2.24, 2.45) is 0 Å². The highest BCUT2D eigenvalue weighted by molar-refractivity contribution is 9.11. The van der Waals surface area contributed by atoms with Crippen LogP contribution >= 0.6 is 31.9 Å². The second kappa shape index (κ2) is 4.01. The van der Waals surface area contributed by atoms with Gasteiger partial charge in [0.25, 0.3) is 0 Å². The van der Waals surface area contributed by atoms with E-state index in [2.05, 4.69) is 68.3 Å². The smallest absolute Gasteiger partial charge is 0.0329 e. The average molecular weight is 338 g/mol. The zero-order valence-electron chi connectivity index (χ0n) is 8.63. The van der Waals surface area contributed by atoms with Gasteiger partial charge in [-0.3, -0.25) is 0 Å². The molecule has 1 aliphatic carbocycles. The summed E-state index contributed by atoms with van der Waals surface area (Å²) in [5.74, 6) is 0. The highest BCUT2D eigenvalue weighted by atomic mass is 79.9. The summed E-state index contributed by atoms with van der Waals surface area (Å²) in [5.41, 5.74) is 0. The van der Waals surface area contributed by atoms with Crippen molar-refractivity contribution in [3.63, 3.8) is 0 Å². The number of fused-ring (bicyclic) bond motifs is 2. The monoisotopic (exact) mass is 336 g/mol. The van der Waals surface area contributed by atoms with Crippen LogP contribution < -0.4 is 10.4 Å². The second-order valence-corrected chi connectivity index (χ2v) is 5.57. The molecule has 0 aromatic heterocycles. The van der Waals surface area contributed by atoms with Crippen LogP contribution in [0.25, 0.3) is 22.9 Å². The molecule has 0 N–H and O–H groups in total. The topological polar surface area (TPSA) is 0 Å². The van der Waals surface area contributed by atoms with Gasteiger partial charge in [-0.25, -0.2) is 0 Å². The molecule has 0 bridgehead atoms. The summed E-state index contributed by atoms with van der Waals surface area (Å²) in [5, 5.41) is 5.22. The van der Waals surface area contributed by atoms with E-state index in [9.17, 15) is 0 Å². The lowest BCUT2D eigenvalue weighted by atomic mass is 10.0. The largest absolute Gasteiger partial charge is 0.0752 e. The normalized spacial score (nSPS) is 14.1. The Hall–Kier alpha value is -0.600. The Morgan fingerprint density at radius 1 is 0.750 bits per heavy atom. The van der Waals surface area contributed by atoms with E-state index in [0.29, 0.717) is 0 Å². The maximum atomic E-state index is 3.73. The number of rotatable bonds is 0. The summed E-state index contributed by atoms with van der Waals surface area (Å²) in [6.45, 7) is 0. The van der Waals surface area contributed by atoms with Crippen LogP contribution in [0.1, 0.15) is 12.8 Å². The molecule has 0 amide bonds. The van der Waals surface area contributed by atoms with Crippen LogP contribution in [-0.2, 0) is 0 Å². The molecule has 0 saturated carbocycles. The van der Waals surface area contributed by atoms with Crippen LogP contribution in [0, 0.1) is 0 Å². The number of halogens is 2. The van der Waals surface area contributed by atoms with E-state index in [-0.39, 0.29) is 0 Å². The quantitative estimate of drug-likeness (QED) is 0.687. The van der Waals surface area contributed by atoms with Crippen molar-refractivity contribution >= 4 is 54.8 Å². The molecule has 3 rings (SSSR count). The number of hydrogen-bond acceptors (Lipinski definition) is 0. The molecule has 1 aliphatic rings. The molecule has 80 valence electrons. The first kappa shape index (κ1) is 10.5. The van der Waals surface area contributed by atoms with Gasteiger partial charge in [0.2, 0.25) is 0 Å². The SMILES string of the molecule is Brc1c2c(c(Br)c3ccccc13)=CCCC=2. The fourth-order valence-electron chi connectivity index (χ4n) is 2.25. The molecule has 2 aromatic carbocycles. The van der Waals surface area contributed by atoms with Crippen molar-refractivity contribution in [3.05, 3.63) is 43.6 Å². The lowest BCUT2D eigenvalue weighted by Gasteiger charge is -2.09. The van der Waals surface area contributed by atoms with Gasteiger partial charge in [0.1, 0.15) is 0 Å². The van der Waals surface area contributed by atoms with Crippen LogP contribution in [0.4, 0.5) is 0 Å². The van der Waals surface area contributed by atoms with Gasteiger partial charge in [-0.2, -0.15) is 0 Å². The zero-order chi connectivity index (χ0) is 11.1. The van der Waals surface area contributed by atoms with E-state index < -0.39 is 0 Å². The van der Waals surface area contributed by atoms with Crippen LogP contribution in [0.2, 0.25) is 0 Å². The Morgan fingerprint density at radius 2 is 1.19 bits per heavy atom. The van der Waals surface area contributed by atoms with Gasteiger partial charge in [-0.15, -0.1) is 0 Å². The summed E-state index contributed by atoms with van der Waals surface area (Å²) >= 11 is 7.46. The third-order valence-corrected chi connectivity index (χ3v) is 4.74. The van der Waals surface area contributed by atoms with Gasteiger partial charge in [-0.1, -0.05) is 36.4 Å². The first-order chi connectivity index (χ1) is 7.79. The van der Waals surface area contributed by atoms with Crippen molar-refractivity contribution in [2.75, 3.05) is 0 Å². The summed E-state index contributed by atoms with van der Waals surface area (Å²) in [4.78, 5) is 0. The van der Waals surface area contributed by atoms with Crippen LogP contribution in [-0.4, -0.2) is 0 Å². The van der Waals surface area contributed by atoms with E-state index in [1.165, 1.54) is 30.2 Å². The van der Waals surface area contributed by atoms with E-state index in [0.717, 1.165) is 12.8 Å². The Balaban J connectivity index is 2.66. The summed E-state index contributed by atoms with van der Waals surface area (Å²) in [7, 11) is 0. The lowest BCUT2D eigenvalue weighted by molar-refractivity contribution is 1.11. The molecule has 0 spiro atoms. The maximum absolute atomic E-state index is 3.73. The molecule has 0 fully saturated rings. The van der Waals surface area contributed by atoms with E-state index in [1.54, 1.807) is 0 Å². The molecular weight excluding hydrogens is 328 g/mol. The fraction of sp³-hybridized carbons (Fsp3) is 0.143. The minimum absolute atomic E-state index is 1.14. The number of hydrogen-bond donors (Lipinski definition) is 0. The molecule has 0 radical (unpaired) electrons. The maximum Gasteiger partial charge on any atom is 0.0329 e. The highest BCUT2D eigenvalue weighted by Crippen LogP contribution is 2.25. The Bertz CT molecular complexity index is 623. The molecule has 0 atom stereocenters. The van der Waals surface area contributed by atoms with Gasteiger partial charge in [0, 0.05) is 8.95 Å². The van der Waals surface area contributed by atoms with E-state index in [1.807, 2.05) is 0 Å². The van der Waals surface area contributed by atoms with Crippen molar-refractivity contribution in [1.82, 2.24) is 0 Å². The predicted octanol–water partition coefficient (Wildman–Crippen LogP) is 3.72. The van der Waals surface area contributed by atoms with Crippen LogP contribution in [0.15, 0.2) is 33.2 Å². The van der Waals surface area contributed by atoms with E-state index >= 15 is 0 Å². The predicted molar refractivity (Wildman–Crippen MR) is 76.8 cm³/mol. The number of benzene rings is 2. The molecule has 0 unspecified atom stereocenters. The highest BCUT2D eigenvalue weighted by Gasteiger charge is 2.08. The standard InChI is InChI=1S/C14H10Br2/c15-13-9-5-1-2-6-10(9)14(16)12-8-4-3-7-11(12)13/h1-2,5-8H,3-4H2. The third kappa shape index (κ3) is 1.47. The van der Waals surface area contributed by atoms with Crippen molar-refractivity contribution in [3.8, 4) is 0 Å². The van der Waals surface area contributed by atoms with Crippen LogP contribution in [0.5, 0.6) is 0 Å². The second-order valence-electron chi connectivity index (χ2n) is 3.99. The lowest BCUT2D eigenvalue weighted by Crippen LogP contribution is -2.29. The molecule has 0 nitrogen and oxygen atoms in total. The molecule has 2 heteroatoms. The molecule has 0 heterocycles. The summed E-state index contributed by atoms with van der Waals surface area (Å²) in [6.07, 6.45) is 6.90. The molecule has 0 saturated heterocycles. The fourth-order valence-corrected chi connectivity index (χ4v) is 3.69. The Labute approximate surface area is 111 Å². The molecule has 16 heavy (non-hydrogen) atoms.